The molecule has 0 aliphatic carbocycles. The predicted molar refractivity (Wildman–Crippen MR) is 118 cm³/mol. The lowest BCUT2D eigenvalue weighted by molar-refractivity contribution is 0.0929. The summed E-state index contributed by atoms with van der Waals surface area (Å²) in [6.07, 6.45) is 0.817. The molecule has 1 aliphatic heterocycles. The van der Waals surface area contributed by atoms with E-state index in [9.17, 15) is 9.59 Å². The molecule has 1 unspecified atom stereocenters. The highest BCUT2D eigenvalue weighted by Gasteiger charge is 2.19. The highest BCUT2D eigenvalue weighted by Crippen LogP contribution is 2.25. The second-order valence-corrected chi connectivity index (χ2v) is 7.43. The lowest BCUT2D eigenvalue weighted by Crippen LogP contribution is -2.35. The maximum absolute atomic E-state index is 13.1. The zero-order valence-electron chi connectivity index (χ0n) is 16.9. The van der Waals surface area contributed by atoms with E-state index in [1.54, 1.807) is 12.1 Å². The van der Waals surface area contributed by atoms with E-state index >= 15 is 0 Å². The Morgan fingerprint density at radius 1 is 0.933 bits per heavy atom. The van der Waals surface area contributed by atoms with Gasteiger partial charge in [0.1, 0.15) is 0 Å². The van der Waals surface area contributed by atoms with Gasteiger partial charge in [-0.3, -0.25) is 9.59 Å². The summed E-state index contributed by atoms with van der Waals surface area (Å²) in [6, 6.07) is 22.7. The van der Waals surface area contributed by atoms with Gasteiger partial charge in [0, 0.05) is 23.4 Å². The summed E-state index contributed by atoms with van der Waals surface area (Å²) in [5.74, 6) is -0.370. The van der Waals surface area contributed by atoms with Crippen LogP contribution in [0.2, 0.25) is 0 Å². The van der Waals surface area contributed by atoms with Gasteiger partial charge >= 0.3 is 0 Å². The van der Waals surface area contributed by atoms with Crippen LogP contribution in [0.1, 0.15) is 32.7 Å². The fourth-order valence-corrected chi connectivity index (χ4v) is 3.56. The van der Waals surface area contributed by atoms with Gasteiger partial charge in [-0.2, -0.15) is 0 Å². The van der Waals surface area contributed by atoms with Gasteiger partial charge in [-0.1, -0.05) is 54.6 Å². The van der Waals surface area contributed by atoms with Crippen LogP contribution in [-0.4, -0.2) is 31.1 Å². The molecule has 0 bridgehead atoms. The number of hydrogen-bond donors (Lipinski definition) is 2. The van der Waals surface area contributed by atoms with Crippen LogP contribution in [0.4, 0.5) is 5.69 Å². The van der Waals surface area contributed by atoms with Gasteiger partial charge in [0.2, 0.25) is 0 Å². The van der Waals surface area contributed by atoms with E-state index in [0.717, 1.165) is 23.1 Å². The summed E-state index contributed by atoms with van der Waals surface area (Å²) in [5.41, 5.74) is 4.45. The Labute approximate surface area is 176 Å². The van der Waals surface area contributed by atoms with E-state index in [1.807, 2.05) is 67.6 Å². The molecule has 1 aliphatic rings. The smallest absolute Gasteiger partial charge is 0.256 e. The van der Waals surface area contributed by atoms with Gasteiger partial charge in [0.05, 0.1) is 12.6 Å². The molecule has 1 heterocycles. The summed E-state index contributed by atoms with van der Waals surface area (Å²) in [5, 5.41) is 5.96. The first kappa shape index (κ1) is 19.9. The maximum Gasteiger partial charge on any atom is 0.256 e. The number of benzene rings is 3. The number of carbonyl (C=O) groups excluding carboxylic acids is 2. The lowest BCUT2D eigenvalue weighted by Gasteiger charge is -2.14. The molecule has 5 nitrogen and oxygen atoms in total. The molecule has 1 atom stereocenters. The minimum absolute atomic E-state index is 0.0367. The first-order valence-corrected chi connectivity index (χ1v) is 10.1. The second-order valence-electron chi connectivity index (χ2n) is 7.43. The Morgan fingerprint density at radius 3 is 2.47 bits per heavy atom. The van der Waals surface area contributed by atoms with Crippen LogP contribution in [0.3, 0.4) is 0 Å². The third kappa shape index (κ3) is 4.42. The van der Waals surface area contributed by atoms with Gasteiger partial charge in [0.15, 0.2) is 0 Å². The maximum atomic E-state index is 13.1. The van der Waals surface area contributed by atoms with Crippen molar-refractivity contribution in [3.8, 4) is 11.1 Å². The molecule has 2 N–H and O–H groups in total. The Hall–Kier alpha value is -3.44. The highest BCUT2D eigenvalue weighted by molar-refractivity contribution is 6.09. The number of rotatable bonds is 5. The molecule has 1 fully saturated rings. The van der Waals surface area contributed by atoms with E-state index in [0.29, 0.717) is 30.0 Å². The van der Waals surface area contributed by atoms with Crippen molar-refractivity contribution in [2.45, 2.75) is 19.4 Å². The number of amides is 2. The Bertz CT molecular complexity index is 1060. The monoisotopic (exact) mass is 400 g/mol. The largest absolute Gasteiger partial charge is 0.379 e. The number of carbonyl (C=O) groups is 2. The van der Waals surface area contributed by atoms with E-state index in [-0.39, 0.29) is 17.9 Å². The average Bonchev–Trinajstić information content (AvgIpc) is 3.29. The number of aryl methyl sites for hydroxylation is 1. The van der Waals surface area contributed by atoms with Crippen molar-refractivity contribution in [3.05, 3.63) is 89.5 Å². The molecule has 0 aromatic heterocycles. The average molecular weight is 400 g/mol. The van der Waals surface area contributed by atoms with Crippen LogP contribution in [0.25, 0.3) is 11.1 Å². The molecule has 152 valence electrons. The van der Waals surface area contributed by atoms with Crippen LogP contribution in [-0.2, 0) is 4.74 Å². The van der Waals surface area contributed by atoms with Crippen LogP contribution in [0, 0.1) is 6.92 Å². The van der Waals surface area contributed by atoms with Gasteiger partial charge in [-0.15, -0.1) is 0 Å². The number of nitrogens with one attached hydrogen (secondary N) is 2. The van der Waals surface area contributed by atoms with E-state index in [4.69, 9.17) is 4.74 Å². The molecular weight excluding hydrogens is 376 g/mol. The highest BCUT2D eigenvalue weighted by atomic mass is 16.5. The molecule has 3 aromatic rings. The summed E-state index contributed by atoms with van der Waals surface area (Å²) >= 11 is 0. The third-order valence-corrected chi connectivity index (χ3v) is 5.27. The molecule has 3 aromatic carbocycles. The van der Waals surface area contributed by atoms with Crippen molar-refractivity contribution in [1.82, 2.24) is 5.32 Å². The van der Waals surface area contributed by atoms with E-state index in [1.165, 1.54) is 0 Å². The van der Waals surface area contributed by atoms with Crippen molar-refractivity contribution >= 4 is 17.5 Å². The van der Waals surface area contributed by atoms with Gasteiger partial charge in [-0.05, 0) is 48.2 Å². The van der Waals surface area contributed by atoms with Crippen molar-refractivity contribution < 1.29 is 14.3 Å². The first-order chi connectivity index (χ1) is 14.6. The lowest BCUT2D eigenvalue weighted by atomic mass is 9.99. The standard InChI is InChI=1S/C25H24N2O3/c1-17-11-12-19(24(28)26-20-13-14-30-16-20)15-23(17)27-25(29)22-10-6-5-9-21(22)18-7-3-2-4-8-18/h2-12,15,20H,13-14,16H2,1H3,(H,26,28)(H,27,29). The van der Waals surface area contributed by atoms with E-state index in [2.05, 4.69) is 10.6 Å². The van der Waals surface area contributed by atoms with Crippen molar-refractivity contribution in [2.24, 2.45) is 0 Å². The fraction of sp³-hybridized carbons (Fsp3) is 0.200. The summed E-state index contributed by atoms with van der Waals surface area (Å²) in [6.45, 7) is 3.11. The van der Waals surface area contributed by atoms with Crippen molar-refractivity contribution in [2.75, 3.05) is 18.5 Å². The van der Waals surface area contributed by atoms with Crippen molar-refractivity contribution in [3.63, 3.8) is 0 Å². The summed E-state index contributed by atoms with van der Waals surface area (Å²) < 4.78 is 5.31. The van der Waals surface area contributed by atoms with Crippen LogP contribution in [0.15, 0.2) is 72.8 Å². The SMILES string of the molecule is Cc1ccc(C(=O)NC2CCOC2)cc1NC(=O)c1ccccc1-c1ccccc1. The fourth-order valence-electron chi connectivity index (χ4n) is 3.56. The van der Waals surface area contributed by atoms with E-state index < -0.39 is 0 Å². The molecule has 0 radical (unpaired) electrons. The zero-order valence-corrected chi connectivity index (χ0v) is 16.9. The van der Waals surface area contributed by atoms with Crippen molar-refractivity contribution in [1.29, 1.82) is 0 Å². The normalized spacial score (nSPS) is 15.6. The van der Waals surface area contributed by atoms with Crippen LogP contribution >= 0.6 is 0 Å². The minimum atomic E-state index is -0.209. The van der Waals surface area contributed by atoms with Gasteiger partial charge in [0.25, 0.3) is 11.8 Å². The third-order valence-electron chi connectivity index (χ3n) is 5.27. The molecule has 2 amide bonds. The molecule has 30 heavy (non-hydrogen) atoms. The molecule has 0 spiro atoms. The molecule has 1 saturated heterocycles. The minimum Gasteiger partial charge on any atom is -0.379 e. The van der Waals surface area contributed by atoms with Gasteiger partial charge < -0.3 is 15.4 Å². The summed E-state index contributed by atoms with van der Waals surface area (Å²) in [7, 11) is 0. The molecule has 4 rings (SSSR count). The zero-order chi connectivity index (χ0) is 20.9. The first-order valence-electron chi connectivity index (χ1n) is 10.1. The predicted octanol–water partition coefficient (Wildman–Crippen LogP) is 4.43. The Kier molecular flexibility index (Phi) is 5.91. The second kappa shape index (κ2) is 8.93. The topological polar surface area (TPSA) is 67.4 Å². The number of anilines is 1. The van der Waals surface area contributed by atoms with Crippen LogP contribution in [0.5, 0.6) is 0 Å². The Balaban J connectivity index is 1.56. The van der Waals surface area contributed by atoms with Gasteiger partial charge in [-0.25, -0.2) is 0 Å². The molecule has 5 heteroatoms. The molecule has 0 saturated carbocycles. The Morgan fingerprint density at radius 2 is 1.70 bits per heavy atom. The number of hydrogen-bond acceptors (Lipinski definition) is 3. The van der Waals surface area contributed by atoms with Crippen LogP contribution < -0.4 is 10.6 Å². The summed E-state index contributed by atoms with van der Waals surface area (Å²) in [4.78, 5) is 25.7. The number of ether oxygens (including phenoxy) is 1. The quantitative estimate of drug-likeness (QED) is 0.666. The molecular formula is C25H24N2O3.